The minimum atomic E-state index is -4.52. The monoisotopic (exact) mass is 811 g/mol. The molecule has 0 aromatic carbocycles. The molecule has 0 aliphatic heterocycles. The van der Waals surface area contributed by atoms with Gasteiger partial charge in [-0.2, -0.15) is 0 Å². The fourth-order valence-corrected chi connectivity index (χ4v) is 6.60. The van der Waals surface area contributed by atoms with Gasteiger partial charge in [0.1, 0.15) is 12.2 Å². The smallest absolute Gasteiger partial charge is 0.457 e. The van der Waals surface area contributed by atoms with E-state index in [1.54, 1.807) is 0 Å². The molecule has 56 heavy (non-hydrogen) atoms. The summed E-state index contributed by atoms with van der Waals surface area (Å²) in [5.74, 6) is -0.395. The summed E-state index contributed by atoms with van der Waals surface area (Å²) >= 11 is 0. The number of phosphoric acid groups is 1. The van der Waals surface area contributed by atoms with Crippen molar-refractivity contribution in [2.45, 2.75) is 193 Å². The second kappa shape index (κ2) is 42.8. The molecule has 0 aliphatic carbocycles. The van der Waals surface area contributed by atoms with E-state index in [-0.39, 0.29) is 19.6 Å². The minimum absolute atomic E-state index is 0.0387. The maximum absolute atomic E-state index is 12.6. The van der Waals surface area contributed by atoms with Gasteiger partial charge in [0.25, 0.3) is 0 Å². The van der Waals surface area contributed by atoms with Crippen molar-refractivity contribution < 1.29 is 43.0 Å². The van der Waals surface area contributed by atoms with Crippen LogP contribution in [0.15, 0.2) is 60.8 Å². The Balaban J connectivity index is 4.19. The maximum atomic E-state index is 12.6. The molecule has 0 aromatic heterocycles. The van der Waals surface area contributed by atoms with Gasteiger partial charge >= 0.3 is 13.8 Å². The third kappa shape index (κ3) is 41.8. The Morgan fingerprint density at radius 3 is 1.54 bits per heavy atom. The van der Waals surface area contributed by atoms with Gasteiger partial charge in [0, 0.05) is 13.0 Å². The number of ether oxygens (including phenoxy) is 2. The lowest BCUT2D eigenvalue weighted by Gasteiger charge is -2.20. The van der Waals surface area contributed by atoms with E-state index in [0.717, 1.165) is 83.5 Å². The predicted molar refractivity (Wildman–Crippen MR) is 233 cm³/mol. The van der Waals surface area contributed by atoms with Gasteiger partial charge in [0.05, 0.1) is 26.4 Å². The summed E-state index contributed by atoms with van der Waals surface area (Å²) in [7, 11) is -4.52. The van der Waals surface area contributed by atoms with Gasteiger partial charge in [-0.05, 0) is 77.0 Å². The lowest BCUT2D eigenvalue weighted by atomic mass is 10.1. The number of aliphatic hydroxyl groups excluding tert-OH is 2. The molecule has 0 heterocycles. The largest absolute Gasteiger partial charge is 0.472 e. The standard InChI is InChI=1S/C46H83O9P/c1-3-5-7-9-11-13-15-17-19-21-23-25-27-29-31-33-35-37-39-52-42-45(43-54-56(50,51)53-41-44(48)40-47)55-46(49)38-36-34-32-30-28-26-24-22-20-18-16-14-12-10-8-6-4-2/h5,7,11-14,17-20,44-45,47-48H,3-4,6,8-10,15-16,21-43H2,1-2H3,(H,50,51)/b7-5-,13-11-,14-12-,19-17-,20-18-. The number of aliphatic hydroxyl groups is 2. The first-order chi connectivity index (χ1) is 27.3. The highest BCUT2D eigenvalue weighted by Crippen LogP contribution is 2.43. The average Bonchev–Trinajstić information content (AvgIpc) is 3.19. The minimum Gasteiger partial charge on any atom is -0.457 e. The first-order valence-electron chi connectivity index (χ1n) is 22.3. The molecule has 3 N–H and O–H groups in total. The van der Waals surface area contributed by atoms with Crippen LogP contribution in [0.5, 0.6) is 0 Å². The zero-order chi connectivity index (χ0) is 41.1. The summed E-state index contributed by atoms with van der Waals surface area (Å²) in [6, 6.07) is 0. The number of allylic oxidation sites excluding steroid dienone is 10. The van der Waals surface area contributed by atoms with Gasteiger partial charge in [-0.3, -0.25) is 13.8 Å². The van der Waals surface area contributed by atoms with E-state index in [1.165, 1.54) is 77.0 Å². The van der Waals surface area contributed by atoms with E-state index in [0.29, 0.717) is 6.61 Å². The average molecular weight is 811 g/mol. The van der Waals surface area contributed by atoms with Crippen LogP contribution in [-0.4, -0.2) is 66.3 Å². The number of unbranched alkanes of at least 4 members (excludes halogenated alkanes) is 18. The number of hydrogen-bond acceptors (Lipinski definition) is 8. The van der Waals surface area contributed by atoms with Crippen molar-refractivity contribution in [3.8, 4) is 0 Å². The summed E-state index contributed by atoms with van der Waals surface area (Å²) in [6.45, 7) is 3.35. The molecular formula is C46H83O9P. The molecule has 10 heteroatoms. The topological polar surface area (TPSA) is 132 Å². The highest BCUT2D eigenvalue weighted by molar-refractivity contribution is 7.47. The third-order valence-electron chi connectivity index (χ3n) is 9.19. The maximum Gasteiger partial charge on any atom is 0.472 e. The summed E-state index contributed by atoms with van der Waals surface area (Å²) in [5.41, 5.74) is 0. The Labute approximate surface area is 342 Å². The molecule has 0 spiro atoms. The number of phosphoric ester groups is 1. The first kappa shape index (κ1) is 54.2. The summed E-state index contributed by atoms with van der Waals surface area (Å²) in [4.78, 5) is 22.6. The van der Waals surface area contributed by atoms with Crippen LogP contribution in [-0.2, 0) is 27.9 Å². The van der Waals surface area contributed by atoms with Gasteiger partial charge in [-0.1, -0.05) is 158 Å². The number of carbonyl (C=O) groups excluding carboxylic acids is 1. The van der Waals surface area contributed by atoms with Crippen molar-refractivity contribution in [3.05, 3.63) is 60.8 Å². The SMILES string of the molecule is CC/C=C\C/C=C\C/C=C\CCCCCCCCCCOCC(COP(=O)(O)OCC(O)CO)OC(=O)CCCCCCCCC/C=C\C/C=C\CCCCC. The van der Waals surface area contributed by atoms with Crippen molar-refractivity contribution in [2.24, 2.45) is 0 Å². The second-order valence-corrected chi connectivity index (χ2v) is 16.1. The Bertz CT molecular complexity index is 1060. The van der Waals surface area contributed by atoms with Crippen molar-refractivity contribution >= 4 is 13.8 Å². The molecule has 326 valence electrons. The predicted octanol–water partition coefficient (Wildman–Crippen LogP) is 12.4. The molecular weight excluding hydrogens is 727 g/mol. The van der Waals surface area contributed by atoms with E-state index >= 15 is 0 Å². The molecule has 0 aromatic rings. The lowest BCUT2D eigenvalue weighted by Crippen LogP contribution is -2.29. The van der Waals surface area contributed by atoms with E-state index in [2.05, 4.69) is 74.6 Å². The Morgan fingerprint density at radius 1 is 0.571 bits per heavy atom. The van der Waals surface area contributed by atoms with Crippen molar-refractivity contribution in [1.29, 1.82) is 0 Å². The van der Waals surface area contributed by atoms with Crippen LogP contribution in [0.1, 0.15) is 181 Å². The third-order valence-corrected chi connectivity index (χ3v) is 10.1. The van der Waals surface area contributed by atoms with Crippen LogP contribution in [0.25, 0.3) is 0 Å². The second-order valence-electron chi connectivity index (χ2n) is 14.7. The molecule has 3 atom stereocenters. The van der Waals surface area contributed by atoms with Gasteiger partial charge in [-0.15, -0.1) is 0 Å². The van der Waals surface area contributed by atoms with Gasteiger partial charge in [-0.25, -0.2) is 4.57 Å². The van der Waals surface area contributed by atoms with Crippen LogP contribution in [0.4, 0.5) is 0 Å². The molecule has 0 fully saturated rings. The summed E-state index contributed by atoms with van der Waals surface area (Å²) in [5, 5.41) is 18.4. The van der Waals surface area contributed by atoms with E-state index in [9.17, 15) is 19.4 Å². The molecule has 0 rings (SSSR count). The van der Waals surface area contributed by atoms with E-state index in [4.69, 9.17) is 23.6 Å². The van der Waals surface area contributed by atoms with Crippen LogP contribution in [0, 0.1) is 0 Å². The van der Waals surface area contributed by atoms with Crippen LogP contribution in [0.3, 0.4) is 0 Å². The van der Waals surface area contributed by atoms with E-state index < -0.39 is 39.2 Å². The van der Waals surface area contributed by atoms with Gasteiger partial charge < -0.3 is 24.6 Å². The van der Waals surface area contributed by atoms with E-state index in [1.807, 2.05) is 0 Å². The van der Waals surface area contributed by atoms with Crippen molar-refractivity contribution in [3.63, 3.8) is 0 Å². The van der Waals surface area contributed by atoms with Crippen molar-refractivity contribution in [2.75, 3.05) is 33.0 Å². The number of carbonyl (C=O) groups is 1. The number of hydrogen-bond donors (Lipinski definition) is 3. The fraction of sp³-hybridized carbons (Fsp3) is 0.761. The Morgan fingerprint density at radius 2 is 1.02 bits per heavy atom. The first-order valence-corrected chi connectivity index (χ1v) is 23.8. The molecule has 0 aliphatic rings. The quantitative estimate of drug-likeness (QED) is 0.0239. The molecule has 0 radical (unpaired) electrons. The van der Waals surface area contributed by atoms with Crippen molar-refractivity contribution in [1.82, 2.24) is 0 Å². The summed E-state index contributed by atoms with van der Waals surface area (Å²) < 4.78 is 33.4. The lowest BCUT2D eigenvalue weighted by molar-refractivity contribution is -0.154. The molecule has 0 bridgehead atoms. The van der Waals surface area contributed by atoms with Gasteiger partial charge in [0.15, 0.2) is 0 Å². The highest BCUT2D eigenvalue weighted by Gasteiger charge is 2.26. The molecule has 0 saturated carbocycles. The van der Waals surface area contributed by atoms with Gasteiger partial charge in [0.2, 0.25) is 0 Å². The summed E-state index contributed by atoms with van der Waals surface area (Å²) in [6.07, 6.45) is 48.9. The number of rotatable bonds is 42. The zero-order valence-corrected chi connectivity index (χ0v) is 36.5. The molecule has 9 nitrogen and oxygen atoms in total. The molecule has 3 unspecified atom stereocenters. The zero-order valence-electron chi connectivity index (χ0n) is 35.6. The number of esters is 1. The normalized spacial score (nSPS) is 14.6. The van der Waals surface area contributed by atoms with Crippen LogP contribution >= 0.6 is 7.82 Å². The Hall–Kier alpha value is -1.84. The molecule has 0 saturated heterocycles. The Kier molecular flexibility index (Phi) is 41.4. The fourth-order valence-electron chi connectivity index (χ4n) is 5.81. The van der Waals surface area contributed by atoms with Crippen LogP contribution in [0.2, 0.25) is 0 Å². The molecule has 0 amide bonds. The highest BCUT2D eigenvalue weighted by atomic mass is 31.2. The van der Waals surface area contributed by atoms with Crippen LogP contribution < -0.4 is 0 Å².